The highest BCUT2D eigenvalue weighted by atomic mass is 16.7. The smallest absolute Gasteiger partial charge is 0.264 e. The molecule has 0 radical (unpaired) electrons. The van der Waals surface area contributed by atoms with E-state index in [4.69, 9.17) is 9.47 Å². The maximum atomic E-state index is 12.6. The van der Waals surface area contributed by atoms with Gasteiger partial charge in [-0.2, -0.15) is 10.1 Å². The highest BCUT2D eigenvalue weighted by molar-refractivity contribution is 6.04. The molecule has 0 saturated carbocycles. The van der Waals surface area contributed by atoms with Crippen molar-refractivity contribution in [2.45, 2.75) is 18.9 Å². The molecule has 0 unspecified atom stereocenters. The van der Waals surface area contributed by atoms with Crippen LogP contribution in [-0.4, -0.2) is 63.9 Å². The van der Waals surface area contributed by atoms with E-state index in [1.807, 2.05) is 24.3 Å². The maximum Gasteiger partial charge on any atom is 0.264 e. The zero-order valence-corrected chi connectivity index (χ0v) is 17.1. The minimum atomic E-state index is -0.228. The van der Waals surface area contributed by atoms with Crippen molar-refractivity contribution in [2.75, 3.05) is 37.6 Å². The number of aromatic amines is 1. The van der Waals surface area contributed by atoms with Gasteiger partial charge in [0.2, 0.25) is 12.5 Å². The molecule has 0 aliphatic carbocycles. The number of amides is 1. The largest absolute Gasteiger partial charge is 0.449 e. The van der Waals surface area contributed by atoms with E-state index in [-0.39, 0.29) is 12.7 Å². The molecule has 160 valence electrons. The van der Waals surface area contributed by atoms with Crippen LogP contribution in [0.5, 0.6) is 11.6 Å². The molecule has 1 aromatic carbocycles. The topological polar surface area (TPSA) is 117 Å². The van der Waals surface area contributed by atoms with Crippen LogP contribution in [0.3, 0.4) is 0 Å². The average Bonchev–Trinajstić information content (AvgIpc) is 3.45. The van der Waals surface area contributed by atoms with Crippen molar-refractivity contribution in [3.8, 4) is 23.0 Å². The minimum Gasteiger partial charge on any atom is -0.449 e. The lowest BCUT2D eigenvalue weighted by molar-refractivity contribution is 0.102. The Bertz CT molecular complexity index is 1070. The summed E-state index contributed by atoms with van der Waals surface area (Å²) in [5.41, 5.74) is 2.61. The van der Waals surface area contributed by atoms with E-state index in [0.29, 0.717) is 40.4 Å². The Hall–Kier alpha value is -3.66. The number of fused-ring (bicyclic) bond motifs is 1. The summed E-state index contributed by atoms with van der Waals surface area (Å²) in [6.07, 6.45) is 3.62. The van der Waals surface area contributed by atoms with Crippen LogP contribution in [-0.2, 0) is 0 Å². The van der Waals surface area contributed by atoms with Crippen LogP contribution in [0.15, 0.2) is 36.7 Å². The summed E-state index contributed by atoms with van der Waals surface area (Å²) in [4.78, 5) is 23.2. The van der Waals surface area contributed by atoms with Crippen molar-refractivity contribution in [2.24, 2.45) is 0 Å². The zero-order valence-electron chi connectivity index (χ0n) is 17.1. The lowest BCUT2D eigenvalue weighted by Gasteiger charge is -2.30. The second-order valence-electron chi connectivity index (χ2n) is 7.68. The fraction of sp³-hybridized carbons (Fsp3) is 0.333. The van der Waals surface area contributed by atoms with Gasteiger partial charge in [-0.15, -0.1) is 0 Å². The number of hydrogen-bond acceptors (Lipinski definition) is 8. The first-order valence-corrected chi connectivity index (χ1v) is 10.2. The number of piperidine rings is 1. The first kappa shape index (κ1) is 19.3. The number of H-pyrrole nitrogens is 1. The highest BCUT2D eigenvalue weighted by Gasteiger charge is 2.23. The molecule has 10 nitrogen and oxygen atoms in total. The first-order valence-electron chi connectivity index (χ1n) is 10.2. The van der Waals surface area contributed by atoms with E-state index < -0.39 is 0 Å². The second kappa shape index (κ2) is 8.23. The second-order valence-corrected chi connectivity index (χ2v) is 7.68. The van der Waals surface area contributed by atoms with E-state index in [2.05, 4.69) is 42.7 Å². The van der Waals surface area contributed by atoms with Crippen molar-refractivity contribution in [3.05, 3.63) is 42.2 Å². The van der Waals surface area contributed by atoms with Crippen LogP contribution in [0.1, 0.15) is 23.2 Å². The number of aromatic nitrogens is 4. The van der Waals surface area contributed by atoms with Gasteiger partial charge >= 0.3 is 0 Å². The third kappa shape index (κ3) is 4.15. The van der Waals surface area contributed by atoms with E-state index in [1.165, 1.54) is 6.33 Å². The number of ether oxygens (including phenoxy) is 2. The van der Waals surface area contributed by atoms with Crippen molar-refractivity contribution >= 4 is 17.4 Å². The predicted octanol–water partition coefficient (Wildman–Crippen LogP) is 2.35. The number of carbonyl (C=O) groups excluding carboxylic acids is 1. The zero-order chi connectivity index (χ0) is 21.2. The number of carbonyl (C=O) groups is 1. The molecule has 0 spiro atoms. The number of anilines is 2. The first-order chi connectivity index (χ1) is 15.2. The normalized spacial score (nSPS) is 16.3. The Morgan fingerprint density at radius 2 is 1.97 bits per heavy atom. The van der Waals surface area contributed by atoms with E-state index in [0.717, 1.165) is 31.6 Å². The van der Waals surface area contributed by atoms with Gasteiger partial charge in [0.25, 0.3) is 11.8 Å². The molecule has 0 atom stereocenters. The van der Waals surface area contributed by atoms with Gasteiger partial charge in [0.05, 0.1) is 0 Å². The molecule has 31 heavy (non-hydrogen) atoms. The lowest BCUT2D eigenvalue weighted by atomic mass is 10.0. The van der Waals surface area contributed by atoms with Crippen LogP contribution in [0.25, 0.3) is 11.4 Å². The number of nitrogens with one attached hydrogen (secondary N) is 3. The van der Waals surface area contributed by atoms with Crippen molar-refractivity contribution < 1.29 is 14.3 Å². The van der Waals surface area contributed by atoms with Gasteiger partial charge in [-0.05, 0) is 57.2 Å². The molecule has 5 rings (SSSR count). The van der Waals surface area contributed by atoms with Gasteiger partial charge in [0, 0.05) is 23.4 Å². The molecular formula is C21H23N7O3. The Morgan fingerprint density at radius 1 is 1.16 bits per heavy atom. The third-order valence-corrected chi connectivity index (χ3v) is 5.48. The Labute approximate surface area is 179 Å². The molecule has 3 N–H and O–H groups in total. The molecule has 0 bridgehead atoms. The summed E-state index contributed by atoms with van der Waals surface area (Å²) in [6.45, 7) is 2.29. The molecule has 10 heteroatoms. The molecule has 2 aliphatic rings. The van der Waals surface area contributed by atoms with Crippen molar-refractivity contribution in [3.63, 3.8) is 0 Å². The number of likely N-dealkylation sites (tertiary alicyclic amines) is 1. The molecular weight excluding hydrogens is 398 g/mol. The quantitative estimate of drug-likeness (QED) is 0.575. The molecule has 2 aromatic heterocycles. The van der Waals surface area contributed by atoms with Crippen LogP contribution >= 0.6 is 0 Å². The number of nitrogens with zero attached hydrogens (tertiary/aromatic N) is 4. The molecule has 1 saturated heterocycles. The van der Waals surface area contributed by atoms with E-state index in [1.54, 1.807) is 6.07 Å². The standard InChI is InChI=1S/C21H23N7O3/c1-28-8-6-15(7-9-28)24-14-4-2-13(3-5-14)20(29)25-17-10-16(26-27-17)18-19-21(23-11-22-18)31-12-30-19/h2-5,10-11,15,24H,6-9,12H2,1H3,(H2,25,26,27,29). The maximum absolute atomic E-state index is 12.6. The van der Waals surface area contributed by atoms with Gasteiger partial charge in [0.1, 0.15) is 23.5 Å². The van der Waals surface area contributed by atoms with Crippen LogP contribution in [0.2, 0.25) is 0 Å². The average molecular weight is 421 g/mol. The molecule has 3 aromatic rings. The molecule has 2 aliphatic heterocycles. The third-order valence-electron chi connectivity index (χ3n) is 5.48. The van der Waals surface area contributed by atoms with E-state index in [9.17, 15) is 4.79 Å². The summed E-state index contributed by atoms with van der Waals surface area (Å²) >= 11 is 0. The number of benzene rings is 1. The summed E-state index contributed by atoms with van der Waals surface area (Å²) in [6, 6.07) is 9.66. The molecule has 4 heterocycles. The number of rotatable bonds is 5. The van der Waals surface area contributed by atoms with Crippen LogP contribution < -0.4 is 20.1 Å². The van der Waals surface area contributed by atoms with Gasteiger partial charge in [-0.1, -0.05) is 0 Å². The Morgan fingerprint density at radius 3 is 2.77 bits per heavy atom. The van der Waals surface area contributed by atoms with Gasteiger partial charge < -0.3 is 25.0 Å². The fourth-order valence-corrected chi connectivity index (χ4v) is 3.73. The van der Waals surface area contributed by atoms with Crippen molar-refractivity contribution in [1.82, 2.24) is 25.1 Å². The van der Waals surface area contributed by atoms with Crippen LogP contribution in [0.4, 0.5) is 11.5 Å². The highest BCUT2D eigenvalue weighted by Crippen LogP contribution is 2.37. The van der Waals surface area contributed by atoms with Crippen molar-refractivity contribution in [1.29, 1.82) is 0 Å². The minimum absolute atomic E-state index is 0.0949. The van der Waals surface area contributed by atoms with Crippen LogP contribution in [0, 0.1) is 0 Å². The summed E-state index contributed by atoms with van der Waals surface area (Å²) in [5.74, 6) is 1.06. The van der Waals surface area contributed by atoms with Gasteiger partial charge in [0.15, 0.2) is 0 Å². The molecule has 1 fully saturated rings. The summed E-state index contributed by atoms with van der Waals surface area (Å²) in [7, 11) is 2.15. The Balaban J connectivity index is 1.22. The predicted molar refractivity (Wildman–Crippen MR) is 114 cm³/mol. The fourth-order valence-electron chi connectivity index (χ4n) is 3.73. The summed E-state index contributed by atoms with van der Waals surface area (Å²) < 4.78 is 10.7. The number of hydrogen-bond donors (Lipinski definition) is 3. The van der Waals surface area contributed by atoms with Gasteiger partial charge in [-0.3, -0.25) is 9.89 Å². The molecule has 1 amide bonds. The lowest BCUT2D eigenvalue weighted by Crippen LogP contribution is -2.36. The van der Waals surface area contributed by atoms with Gasteiger partial charge in [-0.25, -0.2) is 4.98 Å². The monoisotopic (exact) mass is 421 g/mol. The Kier molecular flexibility index (Phi) is 5.13. The summed E-state index contributed by atoms with van der Waals surface area (Å²) in [5, 5.41) is 13.4. The SMILES string of the molecule is CN1CCC(Nc2ccc(C(=O)Nc3cc(-c4ncnc5c4OCO5)n[nH]3)cc2)CC1. The van der Waals surface area contributed by atoms with E-state index >= 15 is 0 Å².